The van der Waals surface area contributed by atoms with Crippen molar-refractivity contribution in [1.29, 1.82) is 5.26 Å². The molecule has 712 valence electrons. The van der Waals surface area contributed by atoms with Gasteiger partial charge in [0.05, 0.1) is 28.0 Å². The molecule has 0 aliphatic heterocycles. The van der Waals surface area contributed by atoms with Gasteiger partial charge in [-0.25, -0.2) is 8.78 Å². The van der Waals surface area contributed by atoms with E-state index in [2.05, 4.69) is 11.1 Å². The van der Waals surface area contributed by atoms with Crippen LogP contribution in [0.3, 0.4) is 0 Å². The molecule has 0 spiro atoms. The number of rotatable bonds is 22. The Bertz CT molecular complexity index is 5430. The summed E-state index contributed by atoms with van der Waals surface area (Å²) in [6.45, 7) is 2.76. The van der Waals surface area contributed by atoms with E-state index in [9.17, 15) is 112 Å². The summed E-state index contributed by atoms with van der Waals surface area (Å²) >= 11 is 1.51. The third-order valence-electron chi connectivity index (χ3n) is 28.4. The number of hydrogen-bond acceptors (Lipinski definition) is 13. The van der Waals surface area contributed by atoms with Crippen LogP contribution in [0.5, 0.6) is 0 Å². The smallest absolute Gasteiger partial charge is 0.376 e. The molecule has 0 radical (unpaired) electrons. The normalized spacial score (nSPS) is 25.1. The summed E-state index contributed by atoms with van der Waals surface area (Å²) < 4.78 is 188. The maximum absolute atomic E-state index is 15.5. The molecule has 8 aliphatic carbocycles. The minimum atomic E-state index is -4.86. The summed E-state index contributed by atoms with van der Waals surface area (Å²) in [5.74, 6) is -2.45. The second-order valence-corrected chi connectivity index (χ2v) is 38.3. The maximum Gasteiger partial charge on any atom is 0.421 e. The molecule has 8 aliphatic rings. The number of hydrogen-bond donors (Lipinski definition) is 6. The number of halogens is 14. The zero-order valence-electron chi connectivity index (χ0n) is 73.8. The fourth-order valence-corrected chi connectivity index (χ4v) is 20.1. The molecule has 8 fully saturated rings. The molecule has 18 nitrogen and oxygen atoms in total. The van der Waals surface area contributed by atoms with E-state index < -0.39 is 80.7 Å². The first-order chi connectivity index (χ1) is 62.5. The number of carbonyl (C=O) groups is 6. The number of thiophene rings is 1. The second kappa shape index (κ2) is 38.6. The van der Waals surface area contributed by atoms with Crippen LogP contribution in [-0.4, -0.2) is 153 Å². The van der Waals surface area contributed by atoms with Gasteiger partial charge in [0.25, 0.3) is 23.6 Å². The Hall–Kier alpha value is -10.7. The molecule has 8 aromatic rings. The zero-order chi connectivity index (χ0) is 96.6. The molecule has 16 rings (SSSR count). The molecule has 0 unspecified atom stereocenters. The lowest BCUT2D eigenvalue weighted by Crippen LogP contribution is -2.50. The first-order valence-corrected chi connectivity index (χ1v) is 45.7. The molecular formula is C100H108F14N8O10S. The minimum Gasteiger partial charge on any atom is -0.376 e. The van der Waals surface area contributed by atoms with Gasteiger partial charge in [-0.3, -0.25) is 33.8 Å². The predicted octanol–water partition coefficient (Wildman–Crippen LogP) is 19.8. The standard InChI is InChI=1S/C26H28F4N2O3.C25H27F4NO2.C25H26F3N3O2.C24H27F3N2O3S/c1-24(35,26(28,29)30)17-8-6-16(7-9-17)22(33)32(18-10-11-18)19-12-14-25(15-13-19,23(31)34)20-4-2-3-5-21(20)27;1-23(32,25(27,28)29)18-9-7-17(8-10-18)22(31)30(20-11-12-20)21-13-15-24(26,16-14-21)19-5-3-2-4-6-19;1-23(33,25(26,27)28)18-7-5-17(6-8-18)22(32)31(19-9-10-19)20-11-13-24(16-29,14-12-20)21-4-2-3-15-30-21;1-22(32,24(25,26)27)16-6-4-15(5-7-16)20(30)29(17-8-9-17)18-10-12-23(13-11-18,21(28)31)19-3-2-14-33-19/h2-9,18-19,35H,10-15H2,1H3,(H2,31,34);2-10,20-21,32H,11-16H2,1H3;2-8,15,19-20,33H,9-14H2,1H3;2-7,14,17-18,32H,8-13H2,1H3,(H2,28,31)/t19?,24-,25?;21?,23-,24?;20?,23-,24?;18?,22-,23?/m0000/s1. The predicted molar refractivity (Wildman–Crippen MR) is 467 cm³/mol. The van der Waals surface area contributed by atoms with Gasteiger partial charge in [0, 0.05) is 87.2 Å². The van der Waals surface area contributed by atoms with Crippen LogP contribution in [0, 0.1) is 17.1 Å². The van der Waals surface area contributed by atoms with Crippen molar-refractivity contribution in [2.24, 2.45) is 11.5 Å². The van der Waals surface area contributed by atoms with Crippen LogP contribution >= 0.6 is 11.3 Å². The van der Waals surface area contributed by atoms with Crippen molar-refractivity contribution in [3.05, 3.63) is 266 Å². The lowest BCUT2D eigenvalue weighted by atomic mass is 9.67. The highest BCUT2D eigenvalue weighted by atomic mass is 32.1. The van der Waals surface area contributed by atoms with Crippen LogP contribution < -0.4 is 11.5 Å². The quantitative estimate of drug-likeness (QED) is 0.0346. The number of aromatic nitrogens is 1. The molecule has 8 N–H and O–H groups in total. The number of primary amides is 2. The van der Waals surface area contributed by atoms with Gasteiger partial charge in [-0.15, -0.1) is 11.3 Å². The van der Waals surface area contributed by atoms with E-state index in [0.717, 1.165) is 110 Å². The van der Waals surface area contributed by atoms with Crippen molar-refractivity contribution in [2.45, 2.75) is 299 Å². The molecule has 6 amide bonds. The fourth-order valence-electron chi connectivity index (χ4n) is 19.1. The number of aliphatic hydroxyl groups is 4. The van der Waals surface area contributed by atoms with E-state index in [1.54, 1.807) is 41.4 Å². The largest absolute Gasteiger partial charge is 0.421 e. The number of nitrogens with two attached hydrogens (primary N) is 2. The van der Waals surface area contributed by atoms with Gasteiger partial charge in [-0.05, 0) is 288 Å². The van der Waals surface area contributed by atoms with Gasteiger partial charge in [-0.1, -0.05) is 109 Å². The molecule has 2 heterocycles. The molecule has 6 aromatic carbocycles. The average molecular weight is 1880 g/mol. The molecule has 4 atom stereocenters. The Kier molecular flexibility index (Phi) is 29.0. The minimum absolute atomic E-state index is 0.0139. The van der Waals surface area contributed by atoms with Crippen molar-refractivity contribution in [1.82, 2.24) is 24.6 Å². The number of alkyl halides is 13. The number of nitrogens with zero attached hydrogens (tertiary/aromatic N) is 6. The Morgan fingerprint density at radius 2 is 0.662 bits per heavy atom. The lowest BCUT2D eigenvalue weighted by Gasteiger charge is -2.42. The number of nitriles is 1. The summed E-state index contributed by atoms with van der Waals surface area (Å²) in [7, 11) is 0. The van der Waals surface area contributed by atoms with Crippen LogP contribution in [0.1, 0.15) is 267 Å². The lowest BCUT2D eigenvalue weighted by molar-refractivity contribution is -0.259. The highest BCUT2D eigenvalue weighted by Gasteiger charge is 2.57. The number of benzene rings is 6. The van der Waals surface area contributed by atoms with Crippen molar-refractivity contribution >= 4 is 46.8 Å². The third kappa shape index (κ3) is 21.1. The van der Waals surface area contributed by atoms with E-state index in [1.807, 2.05) is 68.6 Å². The molecular weight excluding hydrogens is 1770 g/mol. The van der Waals surface area contributed by atoms with Crippen LogP contribution in [0.2, 0.25) is 0 Å². The van der Waals surface area contributed by atoms with Crippen molar-refractivity contribution in [2.75, 3.05) is 0 Å². The van der Waals surface area contributed by atoms with E-state index in [4.69, 9.17) is 11.5 Å². The summed E-state index contributed by atoms with van der Waals surface area (Å²) in [5.41, 5.74) is -2.92. The first kappa shape index (κ1) is 99.8. The number of pyridine rings is 1. The zero-order valence-corrected chi connectivity index (χ0v) is 74.7. The monoisotopic (exact) mass is 1880 g/mol. The van der Waals surface area contributed by atoms with Crippen LogP contribution in [0.4, 0.5) is 61.5 Å². The molecule has 8 saturated carbocycles. The highest BCUT2D eigenvalue weighted by molar-refractivity contribution is 7.10. The average Bonchev–Trinajstić information content (AvgIpc) is 1.72. The fraction of sp³-hybridized carbons (Fsp3) is 0.480. The van der Waals surface area contributed by atoms with Crippen LogP contribution in [-0.2, 0) is 53.9 Å². The maximum atomic E-state index is 15.5. The molecule has 2 aromatic heterocycles. The van der Waals surface area contributed by atoms with Gasteiger partial charge in [0.15, 0.2) is 22.4 Å². The summed E-state index contributed by atoms with van der Waals surface area (Å²) in [4.78, 5) is 90.8. The molecule has 133 heavy (non-hydrogen) atoms. The van der Waals surface area contributed by atoms with Gasteiger partial charge in [0.1, 0.15) is 11.5 Å². The van der Waals surface area contributed by atoms with Crippen molar-refractivity contribution in [3.8, 4) is 6.07 Å². The van der Waals surface area contributed by atoms with Gasteiger partial charge >= 0.3 is 24.7 Å². The highest BCUT2D eigenvalue weighted by Crippen LogP contribution is 2.52. The van der Waals surface area contributed by atoms with E-state index in [0.29, 0.717) is 129 Å². The topological polar surface area (TPSA) is 285 Å². The molecule has 0 bridgehead atoms. The van der Waals surface area contributed by atoms with Crippen molar-refractivity contribution < 1.29 is 111 Å². The SMILES string of the molecule is C[C@](O)(c1ccc(C(=O)N(C2CC2)C2CCC(C#N)(c3ccccn3)CC2)cc1)C(F)(F)F.C[C@](O)(c1ccc(C(=O)N(C2CC2)C2CCC(C(N)=O)(c3ccccc3F)CC2)cc1)C(F)(F)F.C[C@](O)(c1ccc(C(=O)N(C2CC2)C2CCC(C(N)=O)(c3cccs3)CC2)cc1)C(F)(F)F.C[C@](O)(c1ccc(C(=O)N(C2CC2)C2CCC(F)(c3ccccc3)CC2)cc1)C(F)(F)F. The number of carbonyl (C=O) groups excluding carboxylic acids is 6. The van der Waals surface area contributed by atoms with Gasteiger partial charge < -0.3 is 51.5 Å². The Morgan fingerprint density at radius 1 is 0.376 bits per heavy atom. The Labute approximate surface area is 765 Å². The van der Waals surface area contributed by atoms with Crippen LogP contribution in [0.25, 0.3) is 0 Å². The third-order valence-corrected chi connectivity index (χ3v) is 29.5. The molecule has 0 saturated heterocycles. The Morgan fingerprint density at radius 3 is 0.932 bits per heavy atom. The Balaban J connectivity index is 0.000000151. The number of amides is 6. The molecule has 33 heteroatoms. The van der Waals surface area contributed by atoms with Gasteiger partial charge in [0.2, 0.25) is 11.8 Å². The second-order valence-electron chi connectivity index (χ2n) is 37.4. The van der Waals surface area contributed by atoms with E-state index >= 15 is 4.39 Å². The first-order valence-electron chi connectivity index (χ1n) is 44.8. The van der Waals surface area contributed by atoms with Crippen LogP contribution in [0.15, 0.2) is 194 Å². The van der Waals surface area contributed by atoms with Gasteiger partial charge in [-0.2, -0.15) is 57.9 Å². The van der Waals surface area contributed by atoms with E-state index in [-0.39, 0.29) is 135 Å². The summed E-state index contributed by atoms with van der Waals surface area (Å²) in [6, 6.07) is 46.7. The summed E-state index contributed by atoms with van der Waals surface area (Å²) in [5, 5.41) is 51.3. The van der Waals surface area contributed by atoms with E-state index in [1.165, 1.54) is 65.9 Å². The summed E-state index contributed by atoms with van der Waals surface area (Å²) in [6.07, 6.45) is -2.63. The van der Waals surface area contributed by atoms with Crippen molar-refractivity contribution in [3.63, 3.8) is 0 Å².